The second-order valence-corrected chi connectivity index (χ2v) is 7.48. The van der Waals surface area contributed by atoms with Crippen molar-refractivity contribution >= 4 is 18.4 Å². The molecule has 0 unspecified atom stereocenters. The topological polar surface area (TPSA) is 88.2 Å². The summed E-state index contributed by atoms with van der Waals surface area (Å²) in [4.78, 5) is 15.1. The van der Waals surface area contributed by atoms with Crippen LogP contribution >= 0.6 is 12.4 Å². The number of aliphatic carboxylic acids is 1. The molecule has 1 aromatic heterocycles. The average molecular weight is 468 g/mol. The van der Waals surface area contributed by atoms with E-state index in [1.165, 1.54) is 12.1 Å². The molecule has 0 aliphatic rings. The number of benzene rings is 3. The van der Waals surface area contributed by atoms with Crippen molar-refractivity contribution in [3.8, 4) is 34.0 Å². The van der Waals surface area contributed by atoms with Crippen LogP contribution in [0.25, 0.3) is 34.0 Å². The van der Waals surface area contributed by atoms with Crippen LogP contribution in [0.3, 0.4) is 0 Å². The van der Waals surface area contributed by atoms with Gasteiger partial charge in [0.1, 0.15) is 5.82 Å². The van der Waals surface area contributed by atoms with Gasteiger partial charge >= 0.3 is 5.97 Å². The van der Waals surface area contributed by atoms with Gasteiger partial charge in [-0.15, -0.1) is 12.4 Å². The highest BCUT2D eigenvalue weighted by atomic mass is 35.5. The summed E-state index contributed by atoms with van der Waals surface area (Å²) in [6.07, 6.45) is 0.0913. The third kappa shape index (κ3) is 6.03. The van der Waals surface area contributed by atoms with E-state index in [-0.39, 0.29) is 24.6 Å². The molecule has 170 valence electrons. The van der Waals surface area contributed by atoms with Crippen molar-refractivity contribution in [1.29, 1.82) is 0 Å². The molecule has 1 heterocycles. The maximum atomic E-state index is 13.2. The van der Waals surface area contributed by atoms with E-state index in [0.29, 0.717) is 24.8 Å². The van der Waals surface area contributed by atoms with E-state index >= 15 is 0 Å². The van der Waals surface area contributed by atoms with Crippen LogP contribution in [0.2, 0.25) is 0 Å². The van der Waals surface area contributed by atoms with Gasteiger partial charge in [-0.2, -0.15) is 4.98 Å². The summed E-state index contributed by atoms with van der Waals surface area (Å²) in [6, 6.07) is 20.0. The zero-order chi connectivity index (χ0) is 22.5. The van der Waals surface area contributed by atoms with Gasteiger partial charge in [-0.1, -0.05) is 47.6 Å². The molecule has 0 bridgehead atoms. The zero-order valence-corrected chi connectivity index (χ0v) is 18.7. The lowest BCUT2D eigenvalue weighted by atomic mass is 9.98. The van der Waals surface area contributed by atoms with Crippen LogP contribution in [-0.2, 0) is 11.3 Å². The quantitative estimate of drug-likeness (QED) is 0.332. The van der Waals surface area contributed by atoms with Gasteiger partial charge in [0.15, 0.2) is 0 Å². The Kier molecular flexibility index (Phi) is 7.92. The predicted octanol–water partition coefficient (Wildman–Crippen LogP) is 5.50. The lowest BCUT2D eigenvalue weighted by Gasteiger charge is -2.07. The fourth-order valence-corrected chi connectivity index (χ4v) is 3.41. The van der Waals surface area contributed by atoms with Crippen molar-refractivity contribution in [2.75, 3.05) is 6.54 Å². The largest absolute Gasteiger partial charge is 0.481 e. The molecular weight excluding hydrogens is 445 g/mol. The molecule has 0 spiro atoms. The molecule has 4 aromatic rings. The normalized spacial score (nSPS) is 10.6. The second kappa shape index (κ2) is 10.8. The van der Waals surface area contributed by atoms with Crippen LogP contribution in [0.5, 0.6) is 0 Å². The van der Waals surface area contributed by atoms with Crippen molar-refractivity contribution in [3.05, 3.63) is 83.7 Å². The maximum absolute atomic E-state index is 13.2. The van der Waals surface area contributed by atoms with Crippen LogP contribution in [0.1, 0.15) is 17.5 Å². The minimum Gasteiger partial charge on any atom is -0.481 e. The van der Waals surface area contributed by atoms with Crippen LogP contribution in [0.15, 0.2) is 71.3 Å². The molecule has 6 nitrogen and oxygen atoms in total. The fraction of sp³-hybridized carbons (Fsp3) is 0.160. The molecule has 0 aliphatic heterocycles. The standard InChI is InChI=1S/C25H22FN3O3.ClH/c1-16-14-20(8-11-22(16)18-6-9-21(26)10-7-18)25-28-24(29-32-25)19-4-2-17(3-5-19)15-27-13-12-23(30)31;/h2-11,14,27H,12-13,15H2,1H3,(H,30,31);1H. The molecule has 0 radical (unpaired) electrons. The minimum absolute atomic E-state index is 0. The van der Waals surface area contributed by atoms with Crippen molar-refractivity contribution < 1.29 is 18.8 Å². The Morgan fingerprint density at radius 2 is 1.67 bits per heavy atom. The molecule has 0 saturated carbocycles. The Balaban J connectivity index is 0.00000306. The number of aryl methyl sites for hydroxylation is 1. The summed E-state index contributed by atoms with van der Waals surface area (Å²) < 4.78 is 18.7. The molecule has 0 aliphatic carbocycles. The Hall–Kier alpha value is -3.55. The van der Waals surface area contributed by atoms with Crippen molar-refractivity contribution in [1.82, 2.24) is 15.5 Å². The van der Waals surface area contributed by atoms with E-state index in [4.69, 9.17) is 9.63 Å². The molecule has 33 heavy (non-hydrogen) atoms. The van der Waals surface area contributed by atoms with Crippen LogP contribution < -0.4 is 5.32 Å². The summed E-state index contributed by atoms with van der Waals surface area (Å²) in [5.74, 6) is -0.163. The highest BCUT2D eigenvalue weighted by Crippen LogP contribution is 2.29. The molecule has 0 fully saturated rings. The van der Waals surface area contributed by atoms with Gasteiger partial charge in [0.05, 0.1) is 6.42 Å². The van der Waals surface area contributed by atoms with E-state index < -0.39 is 5.97 Å². The highest BCUT2D eigenvalue weighted by Gasteiger charge is 2.12. The molecule has 0 saturated heterocycles. The summed E-state index contributed by atoms with van der Waals surface area (Å²) in [7, 11) is 0. The highest BCUT2D eigenvalue weighted by molar-refractivity contribution is 5.85. The minimum atomic E-state index is -0.818. The van der Waals surface area contributed by atoms with Gasteiger partial charge in [0, 0.05) is 24.2 Å². The fourth-order valence-electron chi connectivity index (χ4n) is 3.41. The lowest BCUT2D eigenvalue weighted by Crippen LogP contribution is -2.17. The molecule has 4 rings (SSSR count). The Morgan fingerprint density at radius 3 is 2.33 bits per heavy atom. The van der Waals surface area contributed by atoms with E-state index in [9.17, 15) is 9.18 Å². The van der Waals surface area contributed by atoms with Crippen LogP contribution in [0, 0.1) is 12.7 Å². The summed E-state index contributed by atoms with van der Waals surface area (Å²) >= 11 is 0. The van der Waals surface area contributed by atoms with Crippen molar-refractivity contribution in [3.63, 3.8) is 0 Å². The Morgan fingerprint density at radius 1 is 1.00 bits per heavy atom. The van der Waals surface area contributed by atoms with E-state index in [1.54, 1.807) is 12.1 Å². The van der Waals surface area contributed by atoms with E-state index in [1.807, 2.05) is 49.4 Å². The molecule has 3 aromatic carbocycles. The monoisotopic (exact) mass is 467 g/mol. The van der Waals surface area contributed by atoms with Gasteiger partial charge in [-0.05, 0) is 53.4 Å². The van der Waals surface area contributed by atoms with Gasteiger partial charge < -0.3 is 14.9 Å². The van der Waals surface area contributed by atoms with Crippen molar-refractivity contribution in [2.45, 2.75) is 19.9 Å². The number of carbonyl (C=O) groups is 1. The lowest BCUT2D eigenvalue weighted by molar-refractivity contribution is -0.136. The first-order chi connectivity index (χ1) is 15.5. The van der Waals surface area contributed by atoms with Gasteiger partial charge in [0.25, 0.3) is 5.89 Å². The molecule has 2 N–H and O–H groups in total. The predicted molar refractivity (Wildman–Crippen MR) is 127 cm³/mol. The Bertz CT molecular complexity index is 1220. The van der Waals surface area contributed by atoms with Crippen molar-refractivity contribution in [2.24, 2.45) is 0 Å². The maximum Gasteiger partial charge on any atom is 0.304 e. The molecular formula is C25H23ClFN3O3. The first-order valence-electron chi connectivity index (χ1n) is 10.2. The molecule has 0 atom stereocenters. The number of carboxylic acids is 1. The summed E-state index contributed by atoms with van der Waals surface area (Å²) in [6.45, 7) is 3.00. The average Bonchev–Trinajstić information content (AvgIpc) is 3.28. The number of nitrogens with one attached hydrogen (secondary N) is 1. The summed E-state index contributed by atoms with van der Waals surface area (Å²) in [5, 5.41) is 15.9. The first kappa shape index (κ1) is 24.1. The number of hydrogen-bond donors (Lipinski definition) is 2. The zero-order valence-electron chi connectivity index (χ0n) is 17.9. The number of rotatable bonds is 8. The van der Waals surface area contributed by atoms with Crippen LogP contribution in [-0.4, -0.2) is 27.8 Å². The second-order valence-electron chi connectivity index (χ2n) is 7.48. The number of aromatic nitrogens is 2. The molecule has 0 amide bonds. The van der Waals surface area contributed by atoms with Gasteiger partial charge in [-0.3, -0.25) is 4.79 Å². The smallest absolute Gasteiger partial charge is 0.304 e. The SMILES string of the molecule is Cc1cc(-c2nc(-c3ccc(CNCCC(=O)O)cc3)no2)ccc1-c1ccc(F)cc1.Cl. The van der Waals surface area contributed by atoms with Crippen LogP contribution in [0.4, 0.5) is 4.39 Å². The summed E-state index contributed by atoms with van der Waals surface area (Å²) in [5.41, 5.74) is 5.66. The number of halogens is 2. The van der Waals surface area contributed by atoms with E-state index in [0.717, 1.165) is 33.4 Å². The number of nitrogens with zero attached hydrogens (tertiary/aromatic N) is 2. The number of hydrogen-bond acceptors (Lipinski definition) is 5. The van der Waals surface area contributed by atoms with Gasteiger partial charge in [-0.25, -0.2) is 4.39 Å². The number of carboxylic acid groups (broad SMARTS) is 1. The third-order valence-electron chi connectivity index (χ3n) is 5.11. The molecule has 8 heteroatoms. The van der Waals surface area contributed by atoms with Gasteiger partial charge in [0.2, 0.25) is 5.82 Å². The Labute approximate surface area is 196 Å². The first-order valence-corrected chi connectivity index (χ1v) is 10.2. The van der Waals surface area contributed by atoms with E-state index in [2.05, 4.69) is 15.5 Å². The third-order valence-corrected chi connectivity index (χ3v) is 5.11.